The molecule has 0 unspecified atom stereocenters. The predicted octanol–water partition coefficient (Wildman–Crippen LogP) is 6.18. The van der Waals surface area contributed by atoms with Crippen molar-refractivity contribution in [3.8, 4) is 11.5 Å². The maximum Gasteiger partial charge on any atom is 0.345 e. The predicted molar refractivity (Wildman–Crippen MR) is 130 cm³/mol. The van der Waals surface area contributed by atoms with Crippen LogP contribution >= 0.6 is 34.8 Å². The summed E-state index contributed by atoms with van der Waals surface area (Å²) in [7, 11) is 0. The second kappa shape index (κ2) is 12.3. The molecule has 3 rings (SSSR count). The summed E-state index contributed by atoms with van der Waals surface area (Å²) in [6.45, 7) is 0.326. The molecular formula is C24H19Cl3N2O4. The molecule has 0 saturated carbocycles. The summed E-state index contributed by atoms with van der Waals surface area (Å²) in [5, 5.41) is 5.19. The SMILES string of the molecule is O=C(CCCOc1ccc(Cl)cc1Cl)N/N=C/c1ccc(OC(=O)c2ccccc2Cl)cc1. The van der Waals surface area contributed by atoms with Crippen LogP contribution in [0.3, 0.4) is 0 Å². The van der Waals surface area contributed by atoms with Crippen LogP contribution < -0.4 is 14.9 Å². The molecule has 3 aromatic carbocycles. The molecule has 0 aliphatic rings. The highest BCUT2D eigenvalue weighted by Crippen LogP contribution is 2.27. The monoisotopic (exact) mass is 504 g/mol. The Labute approximate surface area is 206 Å². The molecule has 0 heterocycles. The van der Waals surface area contributed by atoms with Gasteiger partial charge in [0.2, 0.25) is 5.91 Å². The first kappa shape index (κ1) is 24.6. The van der Waals surface area contributed by atoms with Gasteiger partial charge < -0.3 is 9.47 Å². The number of ether oxygens (including phenoxy) is 2. The quantitative estimate of drug-likeness (QED) is 0.124. The van der Waals surface area contributed by atoms with Crippen molar-refractivity contribution < 1.29 is 19.1 Å². The van der Waals surface area contributed by atoms with Crippen molar-refractivity contribution in [1.82, 2.24) is 5.43 Å². The smallest absolute Gasteiger partial charge is 0.345 e. The molecule has 3 aromatic rings. The Morgan fingerprint density at radius 3 is 2.42 bits per heavy atom. The lowest BCUT2D eigenvalue weighted by atomic mass is 10.2. The molecule has 0 aromatic heterocycles. The van der Waals surface area contributed by atoms with Gasteiger partial charge in [0.05, 0.1) is 28.4 Å². The molecular weight excluding hydrogens is 487 g/mol. The number of esters is 1. The van der Waals surface area contributed by atoms with Crippen LogP contribution in [-0.2, 0) is 4.79 Å². The van der Waals surface area contributed by atoms with E-state index in [1.54, 1.807) is 66.7 Å². The summed E-state index contributed by atoms with van der Waals surface area (Å²) in [5.74, 6) is 0.0846. The fraction of sp³-hybridized carbons (Fsp3) is 0.125. The van der Waals surface area contributed by atoms with E-state index in [0.29, 0.717) is 45.2 Å². The summed E-state index contributed by atoms with van der Waals surface area (Å²) in [5.41, 5.74) is 3.46. The minimum atomic E-state index is -0.545. The molecule has 0 fully saturated rings. The molecule has 0 spiro atoms. The molecule has 1 amide bonds. The maximum absolute atomic E-state index is 12.2. The van der Waals surface area contributed by atoms with E-state index in [4.69, 9.17) is 44.3 Å². The molecule has 0 radical (unpaired) electrons. The minimum absolute atomic E-state index is 0.236. The van der Waals surface area contributed by atoms with Gasteiger partial charge in [-0.3, -0.25) is 4.79 Å². The van der Waals surface area contributed by atoms with Crippen LogP contribution in [0.4, 0.5) is 0 Å². The normalized spacial score (nSPS) is 10.8. The summed E-state index contributed by atoms with van der Waals surface area (Å²) in [6, 6.07) is 18.3. The highest BCUT2D eigenvalue weighted by atomic mass is 35.5. The Hall–Kier alpha value is -3.06. The van der Waals surface area contributed by atoms with Crippen molar-refractivity contribution in [1.29, 1.82) is 0 Å². The topological polar surface area (TPSA) is 77.0 Å². The fourth-order valence-corrected chi connectivity index (χ4v) is 3.33. The van der Waals surface area contributed by atoms with E-state index in [-0.39, 0.29) is 17.9 Å². The van der Waals surface area contributed by atoms with Crippen LogP contribution in [-0.4, -0.2) is 24.7 Å². The van der Waals surface area contributed by atoms with Crippen LogP contribution in [0, 0.1) is 0 Å². The van der Waals surface area contributed by atoms with Crippen molar-refractivity contribution in [3.05, 3.63) is 92.9 Å². The third-order valence-corrected chi connectivity index (χ3v) is 5.15. The van der Waals surface area contributed by atoms with Gasteiger partial charge in [0.15, 0.2) is 0 Å². The van der Waals surface area contributed by atoms with Crippen molar-refractivity contribution >= 4 is 52.9 Å². The number of amides is 1. The number of carbonyl (C=O) groups is 2. The number of nitrogens with one attached hydrogen (secondary N) is 1. The molecule has 0 bridgehead atoms. The van der Waals surface area contributed by atoms with Gasteiger partial charge in [-0.05, 0) is 66.6 Å². The first-order chi connectivity index (χ1) is 15.9. The van der Waals surface area contributed by atoms with E-state index in [1.165, 1.54) is 6.21 Å². The van der Waals surface area contributed by atoms with Crippen molar-refractivity contribution in [2.45, 2.75) is 12.8 Å². The minimum Gasteiger partial charge on any atom is -0.492 e. The average Bonchev–Trinajstić information content (AvgIpc) is 2.79. The van der Waals surface area contributed by atoms with Crippen molar-refractivity contribution in [2.75, 3.05) is 6.61 Å². The van der Waals surface area contributed by atoms with Gasteiger partial charge in [0.25, 0.3) is 0 Å². The van der Waals surface area contributed by atoms with Gasteiger partial charge >= 0.3 is 5.97 Å². The van der Waals surface area contributed by atoms with E-state index in [1.807, 2.05) is 0 Å². The van der Waals surface area contributed by atoms with Crippen molar-refractivity contribution in [2.24, 2.45) is 5.10 Å². The third-order valence-electron chi connectivity index (χ3n) is 4.29. The molecule has 0 atom stereocenters. The van der Waals surface area contributed by atoms with E-state index >= 15 is 0 Å². The fourth-order valence-electron chi connectivity index (χ4n) is 2.65. The number of rotatable bonds is 9. The lowest BCUT2D eigenvalue weighted by Gasteiger charge is -2.07. The lowest BCUT2D eigenvalue weighted by molar-refractivity contribution is -0.121. The van der Waals surface area contributed by atoms with Gasteiger partial charge in [-0.15, -0.1) is 0 Å². The Morgan fingerprint density at radius 1 is 0.939 bits per heavy atom. The zero-order valence-corrected chi connectivity index (χ0v) is 19.5. The number of carbonyl (C=O) groups excluding carboxylic acids is 2. The summed E-state index contributed by atoms with van der Waals surface area (Å²) < 4.78 is 10.9. The van der Waals surface area contributed by atoms with Crippen LogP contribution in [0.15, 0.2) is 71.8 Å². The number of benzene rings is 3. The number of nitrogens with zero attached hydrogens (tertiary/aromatic N) is 1. The second-order valence-electron chi connectivity index (χ2n) is 6.76. The van der Waals surface area contributed by atoms with Gasteiger partial charge in [-0.2, -0.15) is 5.10 Å². The van der Waals surface area contributed by atoms with Crippen molar-refractivity contribution in [3.63, 3.8) is 0 Å². The number of hydrazone groups is 1. The average molecular weight is 506 g/mol. The van der Waals surface area contributed by atoms with Gasteiger partial charge in [0, 0.05) is 11.4 Å². The molecule has 1 N–H and O–H groups in total. The zero-order chi connectivity index (χ0) is 23.6. The molecule has 6 nitrogen and oxygen atoms in total. The lowest BCUT2D eigenvalue weighted by Crippen LogP contribution is -2.18. The maximum atomic E-state index is 12.2. The number of hydrogen-bond acceptors (Lipinski definition) is 5. The van der Waals surface area contributed by atoms with Crippen LogP contribution in [0.1, 0.15) is 28.8 Å². The first-order valence-corrected chi connectivity index (χ1v) is 11.0. The molecule has 0 aliphatic carbocycles. The Kier molecular flexibility index (Phi) is 9.13. The largest absolute Gasteiger partial charge is 0.492 e. The number of halogens is 3. The highest BCUT2D eigenvalue weighted by molar-refractivity contribution is 6.35. The van der Waals surface area contributed by atoms with Gasteiger partial charge in [-0.1, -0.05) is 46.9 Å². The summed E-state index contributed by atoms with van der Waals surface area (Å²) in [6.07, 6.45) is 2.22. The Bertz CT molecular complexity index is 1150. The molecule has 33 heavy (non-hydrogen) atoms. The first-order valence-electron chi connectivity index (χ1n) is 9.89. The van der Waals surface area contributed by atoms with Crippen LogP contribution in [0.5, 0.6) is 11.5 Å². The Morgan fingerprint density at radius 2 is 1.70 bits per heavy atom. The molecule has 0 saturated heterocycles. The van der Waals surface area contributed by atoms with Gasteiger partial charge in [0.1, 0.15) is 11.5 Å². The zero-order valence-electron chi connectivity index (χ0n) is 17.3. The number of hydrogen-bond donors (Lipinski definition) is 1. The van der Waals surface area contributed by atoms with E-state index in [9.17, 15) is 9.59 Å². The second-order valence-corrected chi connectivity index (χ2v) is 8.01. The van der Waals surface area contributed by atoms with E-state index in [0.717, 1.165) is 0 Å². The Balaban J connectivity index is 1.39. The summed E-state index contributed by atoms with van der Waals surface area (Å²) >= 11 is 17.9. The molecule has 170 valence electrons. The van der Waals surface area contributed by atoms with Crippen LogP contribution in [0.2, 0.25) is 15.1 Å². The van der Waals surface area contributed by atoms with Gasteiger partial charge in [-0.25, -0.2) is 10.2 Å². The summed E-state index contributed by atoms with van der Waals surface area (Å²) in [4.78, 5) is 24.1. The van der Waals surface area contributed by atoms with Crippen LogP contribution in [0.25, 0.3) is 0 Å². The van der Waals surface area contributed by atoms with E-state index in [2.05, 4.69) is 10.5 Å². The third kappa shape index (κ3) is 7.79. The standard InChI is InChI=1S/C24H19Cl3N2O4/c25-17-9-12-22(21(27)14-17)32-13-3-6-23(30)29-28-15-16-7-10-18(11-8-16)33-24(31)19-4-1-2-5-20(19)26/h1-2,4-5,7-12,14-15H,3,6,13H2,(H,29,30)/b28-15+. The van der Waals surface area contributed by atoms with E-state index < -0.39 is 5.97 Å². The molecule has 9 heteroatoms. The molecule has 0 aliphatic heterocycles. The highest BCUT2D eigenvalue weighted by Gasteiger charge is 2.12.